The molecule has 1 aromatic rings. The topological polar surface area (TPSA) is 59.0 Å². The Hall–Kier alpha value is -1.52. The number of nitrogens with one attached hydrogen (secondary N) is 2. The maximum Gasteiger partial charge on any atom is 0.216 e. The van der Waals surface area contributed by atoms with Gasteiger partial charge in [-0.15, -0.1) is 0 Å². The fraction of sp³-hybridized carbons (Fsp3) is 0.692. The molecule has 1 aromatic heterocycles. The zero-order chi connectivity index (χ0) is 13.0. The van der Waals surface area contributed by atoms with Gasteiger partial charge in [-0.3, -0.25) is 4.79 Å². The van der Waals surface area contributed by atoms with Crippen molar-refractivity contribution in [2.24, 2.45) is 0 Å². The van der Waals surface area contributed by atoms with Crippen LogP contribution >= 0.6 is 0 Å². The minimum Gasteiger partial charge on any atom is -0.355 e. The highest BCUT2D eigenvalue weighted by atomic mass is 16.1. The minimum atomic E-state index is 0.00659. The number of carbonyl (C=O) groups excluding carboxylic acids is 1. The summed E-state index contributed by atoms with van der Waals surface area (Å²) in [4.78, 5) is 15.3. The second kappa shape index (κ2) is 5.89. The van der Waals surface area contributed by atoms with Crippen LogP contribution in [-0.2, 0) is 4.79 Å². The largest absolute Gasteiger partial charge is 0.355 e. The number of hydrogen-bond donors (Lipinski definition) is 2. The van der Waals surface area contributed by atoms with Crippen LogP contribution in [0.25, 0.3) is 0 Å². The van der Waals surface area contributed by atoms with Gasteiger partial charge in [-0.25, -0.2) is 4.98 Å². The highest BCUT2D eigenvalue weighted by molar-refractivity contribution is 5.72. The van der Waals surface area contributed by atoms with E-state index in [1.54, 1.807) is 0 Å². The molecule has 1 aliphatic carbocycles. The molecule has 0 saturated heterocycles. The summed E-state index contributed by atoms with van der Waals surface area (Å²) in [5.74, 6) is 0.942. The number of aromatic nitrogens is 2. The Morgan fingerprint density at radius 3 is 2.83 bits per heavy atom. The van der Waals surface area contributed by atoms with Crippen molar-refractivity contribution in [2.45, 2.75) is 45.6 Å². The lowest BCUT2D eigenvalue weighted by Crippen LogP contribution is -2.27. The third-order valence-electron chi connectivity index (χ3n) is 3.35. The van der Waals surface area contributed by atoms with E-state index in [4.69, 9.17) is 0 Å². The average molecular weight is 250 g/mol. The fourth-order valence-electron chi connectivity index (χ4n) is 2.52. The number of carbonyl (C=O) groups is 1. The first-order valence-electron chi connectivity index (χ1n) is 6.70. The van der Waals surface area contributed by atoms with E-state index in [0.29, 0.717) is 19.1 Å². The molecule has 0 spiro atoms. The van der Waals surface area contributed by atoms with Crippen molar-refractivity contribution < 1.29 is 4.79 Å². The lowest BCUT2D eigenvalue weighted by molar-refractivity contribution is -0.118. The summed E-state index contributed by atoms with van der Waals surface area (Å²) >= 11 is 0. The summed E-state index contributed by atoms with van der Waals surface area (Å²) in [6.45, 7) is 4.89. The van der Waals surface area contributed by atoms with Crippen LogP contribution in [0.5, 0.6) is 0 Å². The molecule has 1 fully saturated rings. The summed E-state index contributed by atoms with van der Waals surface area (Å²) in [6.07, 6.45) is 7.24. The molecule has 0 radical (unpaired) electrons. The van der Waals surface area contributed by atoms with E-state index in [1.807, 2.05) is 6.92 Å². The molecule has 0 unspecified atom stereocenters. The van der Waals surface area contributed by atoms with Crippen LogP contribution in [0.2, 0.25) is 0 Å². The fourth-order valence-corrected chi connectivity index (χ4v) is 2.52. The maximum absolute atomic E-state index is 10.8. The van der Waals surface area contributed by atoms with Gasteiger partial charge in [-0.05, 0) is 19.8 Å². The summed E-state index contributed by atoms with van der Waals surface area (Å²) in [5, 5.41) is 6.08. The molecule has 100 valence electrons. The Labute approximate surface area is 108 Å². The number of anilines is 1. The van der Waals surface area contributed by atoms with Crippen LogP contribution in [0, 0.1) is 6.92 Å². The normalized spacial score (nSPS) is 15.9. The number of rotatable bonds is 5. The van der Waals surface area contributed by atoms with Crippen LogP contribution in [0.15, 0.2) is 6.20 Å². The van der Waals surface area contributed by atoms with Crippen molar-refractivity contribution in [3.05, 3.63) is 11.9 Å². The van der Waals surface area contributed by atoms with Crippen molar-refractivity contribution in [1.82, 2.24) is 14.9 Å². The van der Waals surface area contributed by atoms with Crippen LogP contribution in [-0.4, -0.2) is 28.5 Å². The van der Waals surface area contributed by atoms with Gasteiger partial charge in [0.05, 0.1) is 5.69 Å². The highest BCUT2D eigenvalue weighted by Crippen LogP contribution is 2.31. The third kappa shape index (κ3) is 3.24. The van der Waals surface area contributed by atoms with Gasteiger partial charge in [0.2, 0.25) is 11.9 Å². The van der Waals surface area contributed by atoms with E-state index in [1.165, 1.54) is 32.6 Å². The van der Waals surface area contributed by atoms with Crippen LogP contribution in [0.3, 0.4) is 0 Å². The predicted molar refractivity (Wildman–Crippen MR) is 71.6 cm³/mol. The first-order valence-corrected chi connectivity index (χ1v) is 6.70. The Balaban J connectivity index is 1.92. The number of nitrogens with zero attached hydrogens (tertiary/aromatic N) is 2. The molecule has 2 rings (SSSR count). The molecule has 18 heavy (non-hydrogen) atoms. The van der Waals surface area contributed by atoms with Crippen molar-refractivity contribution >= 4 is 11.9 Å². The van der Waals surface area contributed by atoms with E-state index in [-0.39, 0.29) is 5.91 Å². The molecule has 5 heteroatoms. The molecule has 1 saturated carbocycles. The van der Waals surface area contributed by atoms with Crippen molar-refractivity contribution in [3.8, 4) is 0 Å². The SMILES string of the molecule is CC(=O)NCCNc1nc(C)cn1C1CCCC1. The number of amides is 1. The Kier molecular flexibility index (Phi) is 4.23. The van der Waals surface area contributed by atoms with Crippen molar-refractivity contribution in [1.29, 1.82) is 0 Å². The molecule has 1 aliphatic rings. The second-order valence-electron chi connectivity index (χ2n) is 4.96. The average Bonchev–Trinajstić information content (AvgIpc) is 2.93. The van der Waals surface area contributed by atoms with E-state index in [2.05, 4.69) is 26.4 Å². The van der Waals surface area contributed by atoms with E-state index in [9.17, 15) is 4.79 Å². The van der Waals surface area contributed by atoms with E-state index in [0.717, 1.165) is 11.6 Å². The molecule has 0 bridgehead atoms. The zero-order valence-corrected chi connectivity index (χ0v) is 11.2. The highest BCUT2D eigenvalue weighted by Gasteiger charge is 2.19. The minimum absolute atomic E-state index is 0.00659. The molecular formula is C13H22N4O. The van der Waals surface area contributed by atoms with Gasteiger partial charge in [0.25, 0.3) is 0 Å². The van der Waals surface area contributed by atoms with E-state index < -0.39 is 0 Å². The van der Waals surface area contributed by atoms with Gasteiger partial charge < -0.3 is 15.2 Å². The summed E-state index contributed by atoms with van der Waals surface area (Å²) < 4.78 is 2.26. The van der Waals surface area contributed by atoms with Gasteiger partial charge >= 0.3 is 0 Å². The number of hydrogen-bond acceptors (Lipinski definition) is 3. The van der Waals surface area contributed by atoms with Gasteiger partial charge in [-0.2, -0.15) is 0 Å². The summed E-state index contributed by atoms with van der Waals surface area (Å²) in [5.41, 5.74) is 1.05. The van der Waals surface area contributed by atoms with Crippen molar-refractivity contribution in [2.75, 3.05) is 18.4 Å². The second-order valence-corrected chi connectivity index (χ2v) is 4.96. The lowest BCUT2D eigenvalue weighted by atomic mass is 10.2. The monoisotopic (exact) mass is 250 g/mol. The zero-order valence-electron chi connectivity index (χ0n) is 11.2. The molecule has 0 atom stereocenters. The standard InChI is InChI=1S/C13H22N4O/c1-10-9-17(12-5-3-4-6-12)13(16-10)15-8-7-14-11(2)18/h9,12H,3-8H2,1-2H3,(H,14,18)(H,15,16). The smallest absolute Gasteiger partial charge is 0.216 e. The number of aryl methyl sites for hydroxylation is 1. The molecule has 1 amide bonds. The third-order valence-corrected chi connectivity index (χ3v) is 3.35. The molecular weight excluding hydrogens is 228 g/mol. The number of imidazole rings is 1. The Bertz CT molecular complexity index is 407. The quantitative estimate of drug-likeness (QED) is 0.784. The van der Waals surface area contributed by atoms with Crippen LogP contribution in [0.4, 0.5) is 5.95 Å². The Morgan fingerprint density at radius 2 is 2.17 bits per heavy atom. The van der Waals surface area contributed by atoms with Crippen LogP contribution in [0.1, 0.15) is 44.3 Å². The summed E-state index contributed by atoms with van der Waals surface area (Å²) in [6, 6.07) is 0.592. The molecule has 5 nitrogen and oxygen atoms in total. The first kappa shape index (κ1) is 12.9. The van der Waals surface area contributed by atoms with Gasteiger partial charge in [0.15, 0.2) is 0 Å². The molecule has 0 aliphatic heterocycles. The van der Waals surface area contributed by atoms with Gasteiger partial charge in [-0.1, -0.05) is 12.8 Å². The lowest BCUT2D eigenvalue weighted by Gasteiger charge is -2.15. The maximum atomic E-state index is 10.8. The Morgan fingerprint density at radius 1 is 1.44 bits per heavy atom. The molecule has 1 heterocycles. The predicted octanol–water partition coefficient (Wildman–Crippen LogP) is 1.85. The summed E-state index contributed by atoms with van der Waals surface area (Å²) in [7, 11) is 0. The van der Waals surface area contributed by atoms with E-state index >= 15 is 0 Å². The molecule has 2 N–H and O–H groups in total. The first-order chi connectivity index (χ1) is 8.66. The molecule has 0 aromatic carbocycles. The van der Waals surface area contributed by atoms with Gasteiger partial charge in [0.1, 0.15) is 0 Å². The van der Waals surface area contributed by atoms with Crippen LogP contribution < -0.4 is 10.6 Å². The van der Waals surface area contributed by atoms with Gasteiger partial charge in [0, 0.05) is 32.3 Å². The van der Waals surface area contributed by atoms with Crippen molar-refractivity contribution in [3.63, 3.8) is 0 Å².